The van der Waals surface area contributed by atoms with Crippen molar-refractivity contribution in [2.45, 2.75) is 39.2 Å². The number of carbonyl (C=O) groups excluding carboxylic acids is 1. The summed E-state index contributed by atoms with van der Waals surface area (Å²) in [5, 5.41) is 3.66. The number of nitrogens with one attached hydrogen (secondary N) is 2. The molecule has 7 heteroatoms. The number of rotatable bonds is 6. The van der Waals surface area contributed by atoms with E-state index < -0.39 is 0 Å². The molecule has 6 nitrogen and oxygen atoms in total. The standard InChI is InChI=1S/C24H27N3O3S/c1-2-30-19-13-11-18(12-14-19)25-22(28)17-9-7-16(8-10-17)15-27-23(29)20-5-3-4-6-21(20)26-24(27)31/h3-6,11-14,16-17H,2,7-10,15H2,1H3,(H,25,28)(H,26,31). The first-order valence-corrected chi connectivity index (χ1v) is 11.2. The quantitative estimate of drug-likeness (QED) is 0.538. The number of fused-ring (bicyclic) bond motifs is 1. The second-order valence-electron chi connectivity index (χ2n) is 8.06. The van der Waals surface area contributed by atoms with Crippen LogP contribution in [0.15, 0.2) is 53.3 Å². The highest BCUT2D eigenvalue weighted by Crippen LogP contribution is 2.31. The molecule has 1 aromatic heterocycles. The summed E-state index contributed by atoms with van der Waals surface area (Å²) in [6, 6.07) is 14.9. The van der Waals surface area contributed by atoms with Crippen LogP contribution in [0.1, 0.15) is 32.6 Å². The zero-order valence-electron chi connectivity index (χ0n) is 17.6. The van der Waals surface area contributed by atoms with Crippen molar-refractivity contribution in [1.29, 1.82) is 0 Å². The Morgan fingerprint density at radius 3 is 2.55 bits per heavy atom. The van der Waals surface area contributed by atoms with Crippen molar-refractivity contribution in [3.63, 3.8) is 0 Å². The summed E-state index contributed by atoms with van der Waals surface area (Å²) in [7, 11) is 0. The molecule has 0 atom stereocenters. The third-order valence-corrected chi connectivity index (χ3v) is 6.30. The average Bonchev–Trinajstić information content (AvgIpc) is 2.78. The summed E-state index contributed by atoms with van der Waals surface area (Å²) >= 11 is 5.43. The van der Waals surface area contributed by atoms with Crippen molar-refractivity contribution in [1.82, 2.24) is 9.55 Å². The van der Waals surface area contributed by atoms with Crippen molar-refractivity contribution >= 4 is 34.7 Å². The minimum atomic E-state index is -0.0466. The van der Waals surface area contributed by atoms with Gasteiger partial charge in [-0.15, -0.1) is 0 Å². The molecule has 3 aromatic rings. The lowest BCUT2D eigenvalue weighted by Gasteiger charge is -2.28. The van der Waals surface area contributed by atoms with Gasteiger partial charge in [-0.1, -0.05) is 12.1 Å². The molecular weight excluding hydrogens is 410 g/mol. The maximum Gasteiger partial charge on any atom is 0.262 e. The van der Waals surface area contributed by atoms with Crippen molar-refractivity contribution in [2.24, 2.45) is 11.8 Å². The Kier molecular flexibility index (Phi) is 6.51. The summed E-state index contributed by atoms with van der Waals surface area (Å²) in [5.74, 6) is 1.18. The Hall–Kier alpha value is -2.93. The topological polar surface area (TPSA) is 76.1 Å². The maximum atomic E-state index is 12.9. The highest BCUT2D eigenvalue weighted by Gasteiger charge is 2.27. The predicted molar refractivity (Wildman–Crippen MR) is 125 cm³/mol. The zero-order valence-corrected chi connectivity index (χ0v) is 18.4. The van der Waals surface area contributed by atoms with Crippen LogP contribution in [0, 0.1) is 16.6 Å². The normalized spacial score (nSPS) is 18.6. The molecule has 162 valence electrons. The van der Waals surface area contributed by atoms with Crippen molar-refractivity contribution in [3.8, 4) is 5.75 Å². The molecule has 0 spiro atoms. The first-order chi connectivity index (χ1) is 15.0. The van der Waals surface area contributed by atoms with Crippen LogP contribution in [0.5, 0.6) is 5.75 Å². The van der Waals surface area contributed by atoms with Gasteiger partial charge in [0, 0.05) is 18.2 Å². The van der Waals surface area contributed by atoms with Crippen LogP contribution in [-0.4, -0.2) is 22.1 Å². The smallest absolute Gasteiger partial charge is 0.262 e. The molecule has 0 radical (unpaired) electrons. The van der Waals surface area contributed by atoms with E-state index in [0.717, 1.165) is 42.6 Å². The lowest BCUT2D eigenvalue weighted by Crippen LogP contribution is -2.31. The minimum Gasteiger partial charge on any atom is -0.494 e. The number of H-pyrrole nitrogens is 1. The average molecular weight is 438 g/mol. The number of hydrogen-bond donors (Lipinski definition) is 2. The summed E-state index contributed by atoms with van der Waals surface area (Å²) in [6.45, 7) is 3.15. The molecule has 1 aliphatic rings. The van der Waals surface area contributed by atoms with Gasteiger partial charge in [-0.2, -0.15) is 0 Å². The molecule has 31 heavy (non-hydrogen) atoms. The van der Waals surface area contributed by atoms with Crippen LogP contribution < -0.4 is 15.6 Å². The molecular formula is C24H27N3O3S. The monoisotopic (exact) mass is 437 g/mol. The van der Waals surface area contributed by atoms with Gasteiger partial charge in [0.15, 0.2) is 4.77 Å². The van der Waals surface area contributed by atoms with Crippen LogP contribution in [0.25, 0.3) is 10.9 Å². The van der Waals surface area contributed by atoms with Crippen LogP contribution in [0.3, 0.4) is 0 Å². The fourth-order valence-corrected chi connectivity index (χ4v) is 4.54. The summed E-state index contributed by atoms with van der Waals surface area (Å²) < 4.78 is 7.56. The lowest BCUT2D eigenvalue weighted by molar-refractivity contribution is -0.121. The number of nitrogens with zero attached hydrogens (tertiary/aromatic N) is 1. The molecule has 2 N–H and O–H groups in total. The largest absolute Gasteiger partial charge is 0.494 e. The molecule has 4 rings (SSSR count). The molecule has 1 amide bonds. The third kappa shape index (κ3) is 4.88. The van der Waals surface area contributed by atoms with Crippen molar-refractivity contribution < 1.29 is 9.53 Å². The molecule has 1 saturated carbocycles. The van der Waals surface area contributed by atoms with Gasteiger partial charge in [0.05, 0.1) is 17.5 Å². The van der Waals surface area contributed by atoms with Gasteiger partial charge >= 0.3 is 0 Å². The maximum absolute atomic E-state index is 12.9. The first-order valence-electron chi connectivity index (χ1n) is 10.8. The number of carbonyl (C=O) groups is 1. The zero-order chi connectivity index (χ0) is 21.8. The Morgan fingerprint density at radius 2 is 1.84 bits per heavy atom. The lowest BCUT2D eigenvalue weighted by atomic mass is 9.81. The van der Waals surface area contributed by atoms with E-state index in [4.69, 9.17) is 17.0 Å². The van der Waals surface area contributed by atoms with Crippen LogP contribution >= 0.6 is 12.2 Å². The van der Waals surface area contributed by atoms with E-state index in [-0.39, 0.29) is 17.4 Å². The molecule has 1 heterocycles. The van der Waals surface area contributed by atoms with Gasteiger partial charge in [0.2, 0.25) is 5.91 Å². The number of aromatic amines is 1. The number of benzene rings is 2. The molecule has 0 bridgehead atoms. The van der Waals surface area contributed by atoms with E-state index in [1.165, 1.54) is 0 Å². The first kappa shape index (κ1) is 21.3. The fraction of sp³-hybridized carbons (Fsp3) is 0.375. The number of para-hydroxylation sites is 1. The predicted octanol–water partition coefficient (Wildman–Crippen LogP) is 4.90. The van der Waals surface area contributed by atoms with E-state index in [1.807, 2.05) is 55.5 Å². The van der Waals surface area contributed by atoms with E-state index in [9.17, 15) is 9.59 Å². The Balaban J connectivity index is 1.36. The van der Waals surface area contributed by atoms with Crippen molar-refractivity contribution in [3.05, 3.63) is 63.7 Å². The summed E-state index contributed by atoms with van der Waals surface area (Å²) in [5.41, 5.74) is 1.50. The molecule has 2 aromatic carbocycles. The van der Waals surface area contributed by atoms with Crippen molar-refractivity contribution in [2.75, 3.05) is 11.9 Å². The van der Waals surface area contributed by atoms with E-state index in [1.54, 1.807) is 4.57 Å². The molecule has 1 fully saturated rings. The number of aromatic nitrogens is 2. The molecule has 0 aliphatic heterocycles. The molecule has 0 saturated heterocycles. The third-order valence-electron chi connectivity index (χ3n) is 5.98. The van der Waals surface area contributed by atoms with Gasteiger partial charge in [0.1, 0.15) is 5.75 Å². The molecule has 0 unspecified atom stereocenters. The van der Waals surface area contributed by atoms with Gasteiger partial charge in [-0.25, -0.2) is 0 Å². The Labute approximate surface area is 186 Å². The van der Waals surface area contributed by atoms with Crippen LogP contribution in [-0.2, 0) is 11.3 Å². The van der Waals surface area contributed by atoms with E-state index in [0.29, 0.717) is 29.2 Å². The summed E-state index contributed by atoms with van der Waals surface area (Å²) in [6.07, 6.45) is 3.42. The van der Waals surface area contributed by atoms with Gasteiger partial charge in [-0.05, 0) is 87.1 Å². The van der Waals surface area contributed by atoms with E-state index >= 15 is 0 Å². The Morgan fingerprint density at radius 1 is 1.13 bits per heavy atom. The van der Waals surface area contributed by atoms with E-state index in [2.05, 4.69) is 10.3 Å². The van der Waals surface area contributed by atoms with Gasteiger partial charge in [-0.3, -0.25) is 14.2 Å². The van der Waals surface area contributed by atoms with Gasteiger partial charge in [0.25, 0.3) is 5.56 Å². The van der Waals surface area contributed by atoms with Crippen LogP contribution in [0.4, 0.5) is 5.69 Å². The minimum absolute atomic E-state index is 0.00863. The fourth-order valence-electron chi connectivity index (χ4n) is 4.28. The van der Waals surface area contributed by atoms with Crippen LogP contribution in [0.2, 0.25) is 0 Å². The highest BCUT2D eigenvalue weighted by atomic mass is 32.1. The number of anilines is 1. The number of amides is 1. The SMILES string of the molecule is CCOc1ccc(NC(=O)C2CCC(Cn3c(=S)[nH]c4ccccc4c3=O)CC2)cc1. The number of ether oxygens (including phenoxy) is 1. The Bertz CT molecular complexity index is 1180. The van der Waals surface area contributed by atoms with Gasteiger partial charge < -0.3 is 15.0 Å². The number of hydrogen-bond acceptors (Lipinski definition) is 4. The second-order valence-corrected chi connectivity index (χ2v) is 8.44. The second kappa shape index (κ2) is 9.47. The highest BCUT2D eigenvalue weighted by molar-refractivity contribution is 7.71. The summed E-state index contributed by atoms with van der Waals surface area (Å²) in [4.78, 5) is 28.7. The molecule has 1 aliphatic carbocycles.